The Morgan fingerprint density at radius 1 is 1.21 bits per heavy atom. The third-order valence-corrected chi connectivity index (χ3v) is 4.31. The Morgan fingerprint density at radius 3 is 2.58 bits per heavy atom. The zero-order valence-corrected chi connectivity index (χ0v) is 15.4. The second kappa shape index (κ2) is 6.72. The van der Waals surface area contributed by atoms with Crippen LogP contribution in [0.1, 0.15) is 23.1 Å². The van der Waals surface area contributed by atoms with Crippen LogP contribution in [0.15, 0.2) is 47.3 Å². The standard InChI is InChI=1S/C18H15IN2O3/c1-3-24-18(23)12-4-7-14(8-5-12)21-11(2)20-16-9-6-13(19)10-15(16)17(21)22/h4-10H,3H2,1-2H3. The second-order valence-corrected chi connectivity index (χ2v) is 6.47. The maximum Gasteiger partial charge on any atom is 0.338 e. The summed E-state index contributed by atoms with van der Waals surface area (Å²) in [6, 6.07) is 12.3. The molecule has 1 heterocycles. The Balaban J connectivity index is 2.12. The van der Waals surface area contributed by atoms with Crippen molar-refractivity contribution in [3.63, 3.8) is 0 Å². The van der Waals surface area contributed by atoms with Gasteiger partial charge >= 0.3 is 5.97 Å². The molecule has 5 nitrogen and oxygen atoms in total. The number of halogens is 1. The summed E-state index contributed by atoms with van der Waals surface area (Å²) in [5.41, 5.74) is 1.67. The van der Waals surface area contributed by atoms with Crippen molar-refractivity contribution in [3.05, 3.63) is 67.8 Å². The molecule has 122 valence electrons. The minimum atomic E-state index is -0.376. The van der Waals surface area contributed by atoms with E-state index in [9.17, 15) is 9.59 Å². The first kappa shape index (κ1) is 16.6. The van der Waals surface area contributed by atoms with E-state index in [1.165, 1.54) is 0 Å². The molecular weight excluding hydrogens is 419 g/mol. The van der Waals surface area contributed by atoms with Crippen molar-refractivity contribution in [3.8, 4) is 5.69 Å². The quantitative estimate of drug-likeness (QED) is 0.468. The van der Waals surface area contributed by atoms with Crippen molar-refractivity contribution >= 4 is 39.5 Å². The highest BCUT2D eigenvalue weighted by Crippen LogP contribution is 2.16. The molecule has 0 saturated carbocycles. The Hall–Kier alpha value is -2.22. The molecule has 0 bridgehead atoms. The zero-order chi connectivity index (χ0) is 17.3. The van der Waals surface area contributed by atoms with Gasteiger partial charge in [-0.25, -0.2) is 9.78 Å². The number of nitrogens with zero attached hydrogens (tertiary/aromatic N) is 2. The number of ether oxygens (including phenoxy) is 1. The fraction of sp³-hybridized carbons (Fsp3) is 0.167. The Labute approximate surface area is 152 Å². The largest absolute Gasteiger partial charge is 0.462 e. The highest BCUT2D eigenvalue weighted by molar-refractivity contribution is 14.1. The van der Waals surface area contributed by atoms with E-state index >= 15 is 0 Å². The fourth-order valence-corrected chi connectivity index (χ4v) is 3.03. The molecule has 0 atom stereocenters. The van der Waals surface area contributed by atoms with Gasteiger partial charge in [-0.3, -0.25) is 9.36 Å². The predicted octanol–water partition coefficient (Wildman–Crippen LogP) is 3.48. The molecule has 3 rings (SSSR count). The van der Waals surface area contributed by atoms with E-state index in [-0.39, 0.29) is 11.5 Å². The lowest BCUT2D eigenvalue weighted by atomic mass is 10.2. The van der Waals surface area contributed by atoms with Crippen molar-refractivity contribution in [2.24, 2.45) is 0 Å². The van der Waals surface area contributed by atoms with Gasteiger partial charge in [-0.2, -0.15) is 0 Å². The molecule has 2 aromatic carbocycles. The lowest BCUT2D eigenvalue weighted by Crippen LogP contribution is -2.22. The molecule has 0 saturated heterocycles. The summed E-state index contributed by atoms with van der Waals surface area (Å²) in [6.45, 7) is 3.88. The van der Waals surface area contributed by atoms with Crippen LogP contribution in [-0.2, 0) is 4.74 Å². The minimum absolute atomic E-state index is 0.125. The van der Waals surface area contributed by atoms with Crippen LogP contribution in [0.5, 0.6) is 0 Å². The summed E-state index contributed by atoms with van der Waals surface area (Å²) in [7, 11) is 0. The van der Waals surface area contributed by atoms with Gasteiger partial charge in [0.1, 0.15) is 5.82 Å². The molecule has 0 N–H and O–H groups in total. The lowest BCUT2D eigenvalue weighted by Gasteiger charge is -2.11. The first-order valence-corrected chi connectivity index (χ1v) is 8.55. The average Bonchev–Trinajstić information content (AvgIpc) is 2.56. The minimum Gasteiger partial charge on any atom is -0.462 e. The zero-order valence-electron chi connectivity index (χ0n) is 13.2. The molecule has 0 unspecified atom stereocenters. The summed E-state index contributed by atoms with van der Waals surface area (Å²) in [5.74, 6) is 0.219. The molecule has 0 amide bonds. The van der Waals surface area contributed by atoms with Crippen LogP contribution in [0.3, 0.4) is 0 Å². The molecule has 0 radical (unpaired) electrons. The second-order valence-electron chi connectivity index (χ2n) is 5.23. The van der Waals surface area contributed by atoms with Crippen LogP contribution >= 0.6 is 22.6 Å². The monoisotopic (exact) mass is 434 g/mol. The van der Waals surface area contributed by atoms with Crippen LogP contribution in [0.4, 0.5) is 0 Å². The lowest BCUT2D eigenvalue weighted by molar-refractivity contribution is 0.0526. The van der Waals surface area contributed by atoms with Crippen molar-refractivity contribution in [2.45, 2.75) is 13.8 Å². The summed E-state index contributed by atoms with van der Waals surface area (Å²) in [4.78, 5) is 29.1. The van der Waals surface area contributed by atoms with E-state index in [0.29, 0.717) is 34.6 Å². The number of rotatable bonds is 3. The molecule has 0 aliphatic rings. The average molecular weight is 434 g/mol. The van der Waals surface area contributed by atoms with Gasteiger partial charge in [0.05, 0.1) is 28.8 Å². The Morgan fingerprint density at radius 2 is 1.92 bits per heavy atom. The van der Waals surface area contributed by atoms with Crippen LogP contribution in [0.2, 0.25) is 0 Å². The number of fused-ring (bicyclic) bond motifs is 1. The molecule has 24 heavy (non-hydrogen) atoms. The third kappa shape index (κ3) is 3.06. The predicted molar refractivity (Wildman–Crippen MR) is 101 cm³/mol. The van der Waals surface area contributed by atoms with Crippen LogP contribution < -0.4 is 5.56 Å². The van der Waals surface area contributed by atoms with E-state index in [2.05, 4.69) is 27.6 Å². The fourth-order valence-electron chi connectivity index (χ4n) is 2.53. The van der Waals surface area contributed by atoms with Gasteiger partial charge in [-0.05, 0) is 78.9 Å². The maximum atomic E-state index is 12.9. The highest BCUT2D eigenvalue weighted by atomic mass is 127. The molecule has 0 fully saturated rings. The van der Waals surface area contributed by atoms with Gasteiger partial charge in [0.2, 0.25) is 0 Å². The number of esters is 1. The number of aromatic nitrogens is 2. The number of hydrogen-bond acceptors (Lipinski definition) is 4. The van der Waals surface area contributed by atoms with Crippen molar-refractivity contribution in [2.75, 3.05) is 6.61 Å². The Kier molecular flexibility index (Phi) is 4.66. The SMILES string of the molecule is CCOC(=O)c1ccc(-n2c(C)nc3ccc(I)cc3c2=O)cc1. The van der Waals surface area contributed by atoms with Crippen molar-refractivity contribution in [1.82, 2.24) is 9.55 Å². The molecule has 3 aromatic rings. The number of carbonyl (C=O) groups excluding carboxylic acids is 1. The number of carbonyl (C=O) groups is 1. The topological polar surface area (TPSA) is 61.2 Å². The van der Waals surface area contributed by atoms with Gasteiger partial charge in [0.15, 0.2) is 0 Å². The van der Waals surface area contributed by atoms with Gasteiger partial charge in [-0.1, -0.05) is 0 Å². The van der Waals surface area contributed by atoms with E-state index in [1.54, 1.807) is 42.7 Å². The van der Waals surface area contributed by atoms with Gasteiger partial charge < -0.3 is 4.74 Å². The third-order valence-electron chi connectivity index (χ3n) is 3.63. The van der Waals surface area contributed by atoms with Crippen LogP contribution in [0, 0.1) is 10.5 Å². The van der Waals surface area contributed by atoms with E-state index < -0.39 is 0 Å². The molecule has 6 heteroatoms. The van der Waals surface area contributed by atoms with Gasteiger partial charge in [0, 0.05) is 3.57 Å². The van der Waals surface area contributed by atoms with Crippen LogP contribution in [0.25, 0.3) is 16.6 Å². The molecule has 0 aliphatic carbocycles. The highest BCUT2D eigenvalue weighted by Gasteiger charge is 2.12. The van der Waals surface area contributed by atoms with Crippen molar-refractivity contribution < 1.29 is 9.53 Å². The summed E-state index contributed by atoms with van der Waals surface area (Å²) >= 11 is 2.17. The summed E-state index contributed by atoms with van der Waals surface area (Å²) in [6.07, 6.45) is 0. The molecular formula is C18H15IN2O3. The Bertz CT molecular complexity index is 978. The molecule has 0 aliphatic heterocycles. The van der Waals surface area contributed by atoms with Gasteiger partial charge in [-0.15, -0.1) is 0 Å². The summed E-state index contributed by atoms with van der Waals surface area (Å²) < 4.78 is 7.50. The first-order valence-electron chi connectivity index (χ1n) is 7.47. The van der Waals surface area contributed by atoms with Crippen LogP contribution in [-0.4, -0.2) is 22.1 Å². The van der Waals surface area contributed by atoms with E-state index in [0.717, 1.165) is 3.57 Å². The molecule has 1 aromatic heterocycles. The number of benzene rings is 2. The number of hydrogen-bond donors (Lipinski definition) is 0. The first-order chi connectivity index (χ1) is 11.5. The number of aryl methyl sites for hydroxylation is 1. The smallest absolute Gasteiger partial charge is 0.338 e. The maximum absolute atomic E-state index is 12.9. The van der Waals surface area contributed by atoms with Gasteiger partial charge in [0.25, 0.3) is 5.56 Å². The normalized spacial score (nSPS) is 10.8. The van der Waals surface area contributed by atoms with E-state index in [4.69, 9.17) is 4.74 Å². The summed E-state index contributed by atoms with van der Waals surface area (Å²) in [5, 5.41) is 0.571. The molecule has 0 spiro atoms. The van der Waals surface area contributed by atoms with Crippen molar-refractivity contribution in [1.29, 1.82) is 0 Å². The van der Waals surface area contributed by atoms with E-state index in [1.807, 2.05) is 18.2 Å².